The zero-order valence-corrected chi connectivity index (χ0v) is 15.9. The number of rotatable bonds is 7. The highest BCUT2D eigenvalue weighted by atomic mass is 15.2. The molecule has 0 radical (unpaired) electrons. The number of imidazole rings is 1. The Kier molecular flexibility index (Phi) is 3.75. The molecule has 0 spiro atoms. The predicted octanol–water partition coefficient (Wildman–Crippen LogP) is 3.86. The number of nitrogens with zero attached hydrogens (tertiary/aromatic N) is 4. The van der Waals surface area contributed by atoms with Gasteiger partial charge in [-0.2, -0.15) is 10.1 Å². The summed E-state index contributed by atoms with van der Waals surface area (Å²) in [6.07, 6.45) is 9.20. The van der Waals surface area contributed by atoms with Crippen LogP contribution in [-0.2, 0) is 6.42 Å². The van der Waals surface area contributed by atoms with Gasteiger partial charge in [-0.15, -0.1) is 0 Å². The van der Waals surface area contributed by atoms with Crippen molar-refractivity contribution >= 4 is 28.6 Å². The Labute approximate surface area is 167 Å². The van der Waals surface area contributed by atoms with E-state index in [4.69, 9.17) is 4.98 Å². The minimum Gasteiger partial charge on any atom is -0.351 e. The summed E-state index contributed by atoms with van der Waals surface area (Å²) in [6, 6.07) is 8.86. The lowest BCUT2D eigenvalue weighted by Crippen LogP contribution is -2.09. The number of aromatic nitrogens is 6. The largest absolute Gasteiger partial charge is 0.351 e. The van der Waals surface area contributed by atoms with Gasteiger partial charge in [0, 0.05) is 41.9 Å². The fourth-order valence-electron chi connectivity index (χ4n) is 3.56. The molecule has 6 rings (SSSR count). The van der Waals surface area contributed by atoms with Crippen molar-refractivity contribution in [2.45, 2.75) is 44.1 Å². The summed E-state index contributed by atoms with van der Waals surface area (Å²) in [7, 11) is 0. The molecule has 0 aliphatic heterocycles. The SMILES string of the molecule is c1nc2ccc(Cc3cnc(NC4CC4)nc3Nc3cc(C4CC4)[nH]n3)cc2[nH]1. The molecule has 4 N–H and O–H groups in total. The Balaban J connectivity index is 1.30. The van der Waals surface area contributed by atoms with Gasteiger partial charge in [-0.25, -0.2) is 9.97 Å². The Morgan fingerprint density at radius 3 is 2.86 bits per heavy atom. The minimum atomic E-state index is 0.503. The molecule has 2 saturated carbocycles. The molecular weight excluding hydrogens is 364 g/mol. The van der Waals surface area contributed by atoms with Gasteiger partial charge >= 0.3 is 0 Å². The highest BCUT2D eigenvalue weighted by molar-refractivity contribution is 5.75. The van der Waals surface area contributed by atoms with E-state index in [-0.39, 0.29) is 0 Å². The fourth-order valence-corrected chi connectivity index (χ4v) is 3.56. The topological polar surface area (TPSA) is 107 Å². The number of anilines is 3. The zero-order chi connectivity index (χ0) is 19.2. The zero-order valence-electron chi connectivity index (χ0n) is 15.9. The van der Waals surface area contributed by atoms with Crippen LogP contribution in [0.3, 0.4) is 0 Å². The molecule has 0 amide bonds. The number of nitrogens with one attached hydrogen (secondary N) is 4. The Hall–Kier alpha value is -3.42. The number of benzene rings is 1. The molecule has 29 heavy (non-hydrogen) atoms. The highest BCUT2D eigenvalue weighted by Crippen LogP contribution is 2.39. The van der Waals surface area contributed by atoms with Gasteiger partial charge in [-0.3, -0.25) is 5.10 Å². The van der Waals surface area contributed by atoms with Crippen molar-refractivity contribution in [3.05, 3.63) is 53.6 Å². The maximum absolute atomic E-state index is 4.76. The van der Waals surface area contributed by atoms with E-state index in [2.05, 4.69) is 54.0 Å². The number of aromatic amines is 2. The molecule has 2 aliphatic carbocycles. The number of hydrogen-bond acceptors (Lipinski definition) is 6. The van der Waals surface area contributed by atoms with Crippen molar-refractivity contribution in [3.63, 3.8) is 0 Å². The van der Waals surface area contributed by atoms with E-state index >= 15 is 0 Å². The number of fused-ring (bicyclic) bond motifs is 1. The average Bonchev–Trinajstić information content (AvgIpc) is 3.65. The van der Waals surface area contributed by atoms with Crippen molar-refractivity contribution in [1.82, 2.24) is 30.1 Å². The summed E-state index contributed by atoms with van der Waals surface area (Å²) in [5.74, 6) is 2.90. The van der Waals surface area contributed by atoms with Gasteiger partial charge in [-0.1, -0.05) is 6.07 Å². The first-order chi connectivity index (χ1) is 14.3. The van der Waals surface area contributed by atoms with Crippen molar-refractivity contribution < 1.29 is 0 Å². The second kappa shape index (κ2) is 6.58. The molecule has 8 nitrogen and oxygen atoms in total. The molecule has 3 heterocycles. The molecule has 8 heteroatoms. The van der Waals surface area contributed by atoms with Gasteiger partial charge in [0.2, 0.25) is 5.95 Å². The van der Waals surface area contributed by atoms with E-state index in [0.717, 1.165) is 34.7 Å². The molecule has 4 aromatic rings. The van der Waals surface area contributed by atoms with Crippen LogP contribution in [0.1, 0.15) is 48.4 Å². The van der Waals surface area contributed by atoms with Gasteiger partial charge in [0.1, 0.15) is 5.82 Å². The summed E-state index contributed by atoms with van der Waals surface area (Å²) in [6.45, 7) is 0. The molecule has 1 aromatic carbocycles. The number of hydrogen-bond donors (Lipinski definition) is 4. The predicted molar refractivity (Wildman–Crippen MR) is 111 cm³/mol. The first-order valence-electron chi connectivity index (χ1n) is 10.2. The van der Waals surface area contributed by atoms with E-state index in [0.29, 0.717) is 17.9 Å². The van der Waals surface area contributed by atoms with E-state index in [1.165, 1.54) is 36.9 Å². The van der Waals surface area contributed by atoms with Crippen LogP contribution in [0.25, 0.3) is 11.0 Å². The summed E-state index contributed by atoms with van der Waals surface area (Å²) in [5, 5.41) is 14.4. The standard InChI is InChI=1S/C21H22N8/c1-6-16-18(24-11-23-16)8-12(1)7-14-10-22-21(25-15-4-5-15)27-20(14)26-19-9-17(28-29-19)13-2-3-13/h1,6,8-11,13,15H,2-5,7H2,(H,23,24)(H3,22,25,26,27,28,29). The van der Waals surface area contributed by atoms with Crippen LogP contribution in [0.5, 0.6) is 0 Å². The Morgan fingerprint density at radius 1 is 1.07 bits per heavy atom. The third kappa shape index (κ3) is 3.53. The van der Waals surface area contributed by atoms with Crippen LogP contribution in [0.15, 0.2) is 36.8 Å². The van der Waals surface area contributed by atoms with Crippen LogP contribution in [0.2, 0.25) is 0 Å². The van der Waals surface area contributed by atoms with Crippen LogP contribution in [0.4, 0.5) is 17.6 Å². The van der Waals surface area contributed by atoms with Crippen molar-refractivity contribution in [2.75, 3.05) is 10.6 Å². The normalized spacial score (nSPS) is 16.3. The molecule has 2 fully saturated rings. The molecule has 0 bridgehead atoms. The summed E-state index contributed by atoms with van der Waals surface area (Å²) in [4.78, 5) is 16.8. The van der Waals surface area contributed by atoms with Crippen LogP contribution >= 0.6 is 0 Å². The maximum atomic E-state index is 4.76. The summed E-state index contributed by atoms with van der Waals surface area (Å²) < 4.78 is 0. The quantitative estimate of drug-likeness (QED) is 0.384. The van der Waals surface area contributed by atoms with Gasteiger partial charge in [-0.05, 0) is 43.4 Å². The van der Waals surface area contributed by atoms with Gasteiger partial charge in [0.15, 0.2) is 5.82 Å². The molecular formula is C21H22N8. The summed E-state index contributed by atoms with van der Waals surface area (Å²) >= 11 is 0. The maximum Gasteiger partial charge on any atom is 0.224 e. The third-order valence-electron chi connectivity index (χ3n) is 5.52. The summed E-state index contributed by atoms with van der Waals surface area (Å²) in [5.41, 5.74) is 5.41. The molecule has 146 valence electrons. The van der Waals surface area contributed by atoms with E-state index < -0.39 is 0 Å². The monoisotopic (exact) mass is 386 g/mol. The Bertz CT molecular complexity index is 1170. The lowest BCUT2D eigenvalue weighted by atomic mass is 10.1. The van der Waals surface area contributed by atoms with E-state index in [1.807, 2.05) is 12.3 Å². The average molecular weight is 386 g/mol. The van der Waals surface area contributed by atoms with Crippen molar-refractivity contribution in [2.24, 2.45) is 0 Å². The van der Waals surface area contributed by atoms with Crippen LogP contribution in [-0.4, -0.2) is 36.2 Å². The number of H-pyrrole nitrogens is 2. The molecule has 0 saturated heterocycles. The minimum absolute atomic E-state index is 0.503. The fraction of sp³-hybridized carbons (Fsp3) is 0.333. The van der Waals surface area contributed by atoms with Gasteiger partial charge < -0.3 is 15.6 Å². The lowest BCUT2D eigenvalue weighted by Gasteiger charge is -2.12. The second-order valence-electron chi connectivity index (χ2n) is 8.02. The molecule has 3 aromatic heterocycles. The van der Waals surface area contributed by atoms with Crippen LogP contribution < -0.4 is 10.6 Å². The van der Waals surface area contributed by atoms with E-state index in [9.17, 15) is 0 Å². The van der Waals surface area contributed by atoms with Crippen molar-refractivity contribution in [1.29, 1.82) is 0 Å². The van der Waals surface area contributed by atoms with Gasteiger partial charge in [0.05, 0.1) is 17.4 Å². The molecule has 0 unspecified atom stereocenters. The van der Waals surface area contributed by atoms with Gasteiger partial charge in [0.25, 0.3) is 0 Å². The lowest BCUT2D eigenvalue weighted by molar-refractivity contribution is 0.965. The Morgan fingerprint density at radius 2 is 2.00 bits per heavy atom. The highest BCUT2D eigenvalue weighted by Gasteiger charge is 2.26. The van der Waals surface area contributed by atoms with E-state index in [1.54, 1.807) is 6.33 Å². The molecule has 2 aliphatic rings. The smallest absolute Gasteiger partial charge is 0.224 e. The van der Waals surface area contributed by atoms with Crippen molar-refractivity contribution in [3.8, 4) is 0 Å². The molecule has 0 atom stereocenters. The second-order valence-corrected chi connectivity index (χ2v) is 8.02. The first kappa shape index (κ1) is 16.5. The van der Waals surface area contributed by atoms with Crippen LogP contribution in [0, 0.1) is 0 Å². The third-order valence-corrected chi connectivity index (χ3v) is 5.52. The first-order valence-corrected chi connectivity index (χ1v) is 10.2.